The van der Waals surface area contributed by atoms with Gasteiger partial charge in [-0.05, 0) is 12.5 Å². The highest BCUT2D eigenvalue weighted by Crippen LogP contribution is 2.28. The van der Waals surface area contributed by atoms with Crippen molar-refractivity contribution >= 4 is 0 Å². The molecular formula is C12H16FN. The SMILES string of the molecule is Cc1cccc(C2CNCC2CF)c1. The Hall–Kier alpha value is -0.890. The Morgan fingerprint density at radius 2 is 2.29 bits per heavy atom. The normalized spacial score (nSPS) is 26.7. The Labute approximate surface area is 84.3 Å². The first-order chi connectivity index (χ1) is 6.81. The Bertz CT molecular complexity index is 311. The van der Waals surface area contributed by atoms with E-state index in [1.807, 2.05) is 0 Å². The number of alkyl halides is 1. The van der Waals surface area contributed by atoms with Gasteiger partial charge in [-0.3, -0.25) is 4.39 Å². The molecule has 2 atom stereocenters. The standard InChI is InChI=1S/C12H16FN/c1-9-3-2-4-10(5-9)12-8-14-7-11(12)6-13/h2-5,11-12,14H,6-8H2,1H3. The Balaban J connectivity index is 2.21. The zero-order valence-electron chi connectivity index (χ0n) is 8.46. The van der Waals surface area contributed by atoms with Crippen molar-refractivity contribution in [2.75, 3.05) is 19.8 Å². The number of rotatable bonds is 2. The maximum Gasteiger partial charge on any atom is 0.0941 e. The van der Waals surface area contributed by atoms with Gasteiger partial charge in [0.25, 0.3) is 0 Å². The summed E-state index contributed by atoms with van der Waals surface area (Å²) >= 11 is 0. The lowest BCUT2D eigenvalue weighted by molar-refractivity contribution is 0.358. The molecule has 2 heteroatoms. The number of nitrogens with one attached hydrogen (secondary N) is 1. The summed E-state index contributed by atoms with van der Waals surface area (Å²) in [5, 5.41) is 3.25. The summed E-state index contributed by atoms with van der Waals surface area (Å²) in [6.45, 7) is 3.59. The van der Waals surface area contributed by atoms with Gasteiger partial charge in [-0.2, -0.15) is 0 Å². The first-order valence-electron chi connectivity index (χ1n) is 5.14. The average molecular weight is 193 g/mol. The fourth-order valence-corrected chi connectivity index (χ4v) is 2.19. The minimum atomic E-state index is -0.217. The van der Waals surface area contributed by atoms with Crippen molar-refractivity contribution in [1.29, 1.82) is 0 Å². The van der Waals surface area contributed by atoms with Crippen molar-refractivity contribution in [3.05, 3.63) is 35.4 Å². The summed E-state index contributed by atoms with van der Waals surface area (Å²) in [5.74, 6) is 0.525. The molecule has 0 saturated carbocycles. The molecule has 0 amide bonds. The first kappa shape index (κ1) is 9.66. The molecule has 0 radical (unpaired) electrons. The van der Waals surface area contributed by atoms with E-state index in [-0.39, 0.29) is 12.6 Å². The summed E-state index contributed by atoms with van der Waals surface area (Å²) in [7, 11) is 0. The van der Waals surface area contributed by atoms with Crippen LogP contribution in [0.5, 0.6) is 0 Å². The summed E-state index contributed by atoms with van der Waals surface area (Å²) in [6, 6.07) is 8.41. The fourth-order valence-electron chi connectivity index (χ4n) is 2.19. The molecule has 14 heavy (non-hydrogen) atoms. The van der Waals surface area contributed by atoms with E-state index in [9.17, 15) is 4.39 Å². The van der Waals surface area contributed by atoms with Gasteiger partial charge in [-0.15, -0.1) is 0 Å². The van der Waals surface area contributed by atoms with Crippen molar-refractivity contribution < 1.29 is 4.39 Å². The van der Waals surface area contributed by atoms with Gasteiger partial charge in [0.1, 0.15) is 0 Å². The van der Waals surface area contributed by atoms with Gasteiger partial charge in [-0.25, -0.2) is 0 Å². The second-order valence-corrected chi connectivity index (χ2v) is 4.09. The zero-order chi connectivity index (χ0) is 9.97. The van der Waals surface area contributed by atoms with Crippen LogP contribution in [-0.2, 0) is 0 Å². The molecule has 1 saturated heterocycles. The van der Waals surface area contributed by atoms with Crippen LogP contribution in [0, 0.1) is 12.8 Å². The quantitative estimate of drug-likeness (QED) is 0.759. The highest BCUT2D eigenvalue weighted by atomic mass is 19.1. The molecule has 1 fully saturated rings. The van der Waals surface area contributed by atoms with Crippen molar-refractivity contribution in [2.45, 2.75) is 12.8 Å². The van der Waals surface area contributed by atoms with Gasteiger partial charge in [0, 0.05) is 24.9 Å². The summed E-state index contributed by atoms with van der Waals surface area (Å²) in [4.78, 5) is 0. The van der Waals surface area contributed by atoms with E-state index in [0.29, 0.717) is 5.92 Å². The molecule has 76 valence electrons. The second-order valence-electron chi connectivity index (χ2n) is 4.09. The lowest BCUT2D eigenvalue weighted by Gasteiger charge is -2.16. The molecule has 1 aliphatic rings. The molecule has 1 N–H and O–H groups in total. The number of halogens is 1. The van der Waals surface area contributed by atoms with Gasteiger partial charge in [0.2, 0.25) is 0 Å². The molecule has 1 aliphatic heterocycles. The number of benzene rings is 1. The van der Waals surface area contributed by atoms with E-state index in [1.165, 1.54) is 11.1 Å². The maximum absolute atomic E-state index is 12.7. The lowest BCUT2D eigenvalue weighted by Crippen LogP contribution is -2.12. The van der Waals surface area contributed by atoms with E-state index in [0.717, 1.165) is 13.1 Å². The van der Waals surface area contributed by atoms with Gasteiger partial charge < -0.3 is 5.32 Å². The third-order valence-corrected chi connectivity index (χ3v) is 3.01. The van der Waals surface area contributed by atoms with Crippen LogP contribution in [0.15, 0.2) is 24.3 Å². The molecule has 2 rings (SSSR count). The van der Waals surface area contributed by atoms with E-state index in [4.69, 9.17) is 0 Å². The fraction of sp³-hybridized carbons (Fsp3) is 0.500. The molecule has 1 aromatic carbocycles. The Morgan fingerprint density at radius 1 is 1.43 bits per heavy atom. The highest BCUT2D eigenvalue weighted by molar-refractivity contribution is 5.27. The lowest BCUT2D eigenvalue weighted by atomic mass is 9.89. The monoisotopic (exact) mass is 193 g/mol. The van der Waals surface area contributed by atoms with Crippen molar-refractivity contribution in [3.63, 3.8) is 0 Å². The van der Waals surface area contributed by atoms with Gasteiger partial charge in [-0.1, -0.05) is 29.8 Å². The van der Waals surface area contributed by atoms with E-state index in [1.54, 1.807) is 0 Å². The van der Waals surface area contributed by atoms with Crippen LogP contribution < -0.4 is 5.32 Å². The van der Waals surface area contributed by atoms with Crippen LogP contribution in [-0.4, -0.2) is 19.8 Å². The van der Waals surface area contributed by atoms with Crippen molar-refractivity contribution in [3.8, 4) is 0 Å². The predicted octanol–water partition coefficient (Wildman–Crippen LogP) is 2.27. The van der Waals surface area contributed by atoms with Crippen LogP contribution in [0.2, 0.25) is 0 Å². The van der Waals surface area contributed by atoms with Crippen molar-refractivity contribution in [1.82, 2.24) is 5.32 Å². The van der Waals surface area contributed by atoms with Gasteiger partial charge in [0.05, 0.1) is 6.67 Å². The number of hydrogen-bond acceptors (Lipinski definition) is 1. The average Bonchev–Trinajstić information content (AvgIpc) is 2.65. The highest BCUT2D eigenvalue weighted by Gasteiger charge is 2.27. The third kappa shape index (κ3) is 1.80. The molecular weight excluding hydrogens is 177 g/mol. The maximum atomic E-state index is 12.7. The Morgan fingerprint density at radius 3 is 3.00 bits per heavy atom. The molecule has 0 bridgehead atoms. The summed E-state index contributed by atoms with van der Waals surface area (Å²) < 4.78 is 12.7. The van der Waals surface area contributed by atoms with Crippen LogP contribution >= 0.6 is 0 Å². The molecule has 0 aliphatic carbocycles. The first-order valence-corrected chi connectivity index (χ1v) is 5.14. The molecule has 2 unspecified atom stereocenters. The zero-order valence-corrected chi connectivity index (χ0v) is 8.46. The molecule has 0 aromatic heterocycles. The second kappa shape index (κ2) is 4.09. The smallest absolute Gasteiger partial charge is 0.0941 e. The summed E-state index contributed by atoms with van der Waals surface area (Å²) in [6.07, 6.45) is 0. The van der Waals surface area contributed by atoms with Gasteiger partial charge >= 0.3 is 0 Å². The molecule has 1 nitrogen and oxygen atoms in total. The number of hydrogen-bond donors (Lipinski definition) is 1. The predicted molar refractivity (Wildman–Crippen MR) is 56.3 cm³/mol. The van der Waals surface area contributed by atoms with E-state index < -0.39 is 0 Å². The summed E-state index contributed by atoms with van der Waals surface area (Å²) in [5.41, 5.74) is 2.53. The minimum absolute atomic E-state index is 0.164. The van der Waals surface area contributed by atoms with Crippen LogP contribution in [0.25, 0.3) is 0 Å². The van der Waals surface area contributed by atoms with E-state index >= 15 is 0 Å². The van der Waals surface area contributed by atoms with Gasteiger partial charge in [0.15, 0.2) is 0 Å². The Kier molecular flexibility index (Phi) is 2.82. The minimum Gasteiger partial charge on any atom is -0.316 e. The van der Waals surface area contributed by atoms with Crippen LogP contribution in [0.1, 0.15) is 17.0 Å². The largest absolute Gasteiger partial charge is 0.316 e. The number of aryl methyl sites for hydroxylation is 1. The molecule has 0 spiro atoms. The topological polar surface area (TPSA) is 12.0 Å². The molecule has 1 aromatic rings. The van der Waals surface area contributed by atoms with Crippen LogP contribution in [0.4, 0.5) is 4.39 Å². The van der Waals surface area contributed by atoms with E-state index in [2.05, 4.69) is 36.5 Å². The molecule has 1 heterocycles. The van der Waals surface area contributed by atoms with Crippen molar-refractivity contribution in [2.24, 2.45) is 5.92 Å². The third-order valence-electron chi connectivity index (χ3n) is 3.01. The van der Waals surface area contributed by atoms with Crippen LogP contribution in [0.3, 0.4) is 0 Å².